The lowest BCUT2D eigenvalue weighted by Crippen LogP contribution is -2.52. The van der Waals surface area contributed by atoms with Gasteiger partial charge in [-0.15, -0.1) is 0 Å². The van der Waals surface area contributed by atoms with E-state index in [1.807, 2.05) is 48.5 Å². The fraction of sp³-hybridized carbons (Fsp3) is 0.226. The van der Waals surface area contributed by atoms with Crippen molar-refractivity contribution in [3.05, 3.63) is 117 Å². The summed E-state index contributed by atoms with van der Waals surface area (Å²) in [6, 6.07) is 25.1. The summed E-state index contributed by atoms with van der Waals surface area (Å²) in [6.45, 7) is 0.636. The second-order valence-corrected chi connectivity index (χ2v) is 11.0. The van der Waals surface area contributed by atoms with Crippen LogP contribution in [0, 0.1) is 16.0 Å². The minimum Gasteiger partial charge on any atom is -0.324 e. The molecule has 1 N–H and O–H groups in total. The Bertz CT molecular complexity index is 1700. The molecule has 3 aliphatic heterocycles. The largest absolute Gasteiger partial charge is 0.324 e. The lowest BCUT2D eigenvalue weighted by molar-refractivity contribution is -0.384. The molecule has 1 amide bonds. The molecule has 7 nitrogen and oxygen atoms in total. The third kappa shape index (κ3) is 3.40. The van der Waals surface area contributed by atoms with Gasteiger partial charge in [-0.2, -0.15) is 0 Å². The van der Waals surface area contributed by atoms with Crippen LogP contribution in [-0.2, 0) is 10.3 Å². The number of nitro benzene ring substituents is 1. The Hall–Kier alpha value is -4.07. The number of ketones is 1. The Morgan fingerprint density at radius 1 is 1.00 bits per heavy atom. The molecule has 0 aromatic heterocycles. The van der Waals surface area contributed by atoms with Gasteiger partial charge in [0.25, 0.3) is 5.69 Å². The van der Waals surface area contributed by atoms with E-state index in [2.05, 4.69) is 10.2 Å². The smallest absolute Gasteiger partial charge is 0.269 e. The number of nitrogens with one attached hydrogen (secondary N) is 1. The van der Waals surface area contributed by atoms with Gasteiger partial charge in [-0.1, -0.05) is 60.1 Å². The van der Waals surface area contributed by atoms with E-state index in [1.54, 1.807) is 30.3 Å². The van der Waals surface area contributed by atoms with E-state index in [0.29, 0.717) is 33.9 Å². The van der Waals surface area contributed by atoms with Crippen LogP contribution in [0.4, 0.5) is 11.4 Å². The lowest BCUT2D eigenvalue weighted by Gasteiger charge is -2.37. The number of Topliss-reactive ketones (excluding diaryl/α,β-unsaturated/α-hetero) is 1. The topological polar surface area (TPSA) is 92.5 Å². The minimum absolute atomic E-state index is 0.0331. The summed E-state index contributed by atoms with van der Waals surface area (Å²) >= 11 is 6.48. The molecule has 1 spiro atoms. The molecule has 0 radical (unpaired) electrons. The average Bonchev–Trinajstić information content (AvgIpc) is 3.61. The van der Waals surface area contributed by atoms with Crippen molar-refractivity contribution in [3.63, 3.8) is 0 Å². The van der Waals surface area contributed by atoms with Gasteiger partial charge in [0.1, 0.15) is 5.54 Å². The van der Waals surface area contributed by atoms with Crippen molar-refractivity contribution in [1.82, 2.24) is 4.90 Å². The number of halogens is 1. The molecule has 0 saturated carbocycles. The molecular formula is C31H24ClN3O4. The Morgan fingerprint density at radius 2 is 1.82 bits per heavy atom. The number of anilines is 1. The van der Waals surface area contributed by atoms with Gasteiger partial charge in [-0.3, -0.25) is 24.6 Å². The zero-order valence-corrected chi connectivity index (χ0v) is 21.6. The Kier molecular flexibility index (Phi) is 5.37. The number of hydrogen-bond donors (Lipinski definition) is 1. The molecule has 194 valence electrons. The Labute approximate surface area is 229 Å². The monoisotopic (exact) mass is 537 g/mol. The number of nitro groups is 1. The molecule has 2 fully saturated rings. The Morgan fingerprint density at radius 3 is 2.64 bits per heavy atom. The number of amides is 1. The molecule has 7 rings (SSSR count). The van der Waals surface area contributed by atoms with Crippen LogP contribution in [0.2, 0.25) is 5.02 Å². The first-order chi connectivity index (χ1) is 18.9. The predicted octanol–water partition coefficient (Wildman–Crippen LogP) is 6.31. The molecule has 4 aromatic carbocycles. The summed E-state index contributed by atoms with van der Waals surface area (Å²) in [5, 5.41) is 17.2. The average molecular weight is 538 g/mol. The minimum atomic E-state index is -1.28. The summed E-state index contributed by atoms with van der Waals surface area (Å²) < 4.78 is 0. The number of nitrogens with zero attached hydrogens (tertiary/aromatic N) is 2. The van der Waals surface area contributed by atoms with Gasteiger partial charge < -0.3 is 5.32 Å². The maximum atomic E-state index is 14.8. The van der Waals surface area contributed by atoms with E-state index in [9.17, 15) is 19.7 Å². The maximum absolute atomic E-state index is 14.8. The van der Waals surface area contributed by atoms with Gasteiger partial charge in [0.2, 0.25) is 5.91 Å². The zero-order valence-electron chi connectivity index (χ0n) is 20.8. The first kappa shape index (κ1) is 24.0. The molecule has 8 heteroatoms. The van der Waals surface area contributed by atoms with Crippen LogP contribution in [0.5, 0.6) is 0 Å². The summed E-state index contributed by atoms with van der Waals surface area (Å²) in [7, 11) is 0. The van der Waals surface area contributed by atoms with Crippen molar-refractivity contribution < 1.29 is 14.5 Å². The first-order valence-corrected chi connectivity index (χ1v) is 13.4. The number of carbonyl (C=O) groups excluding carboxylic acids is 2. The highest BCUT2D eigenvalue weighted by Crippen LogP contribution is 2.61. The summed E-state index contributed by atoms with van der Waals surface area (Å²) in [5.74, 6) is -1.65. The van der Waals surface area contributed by atoms with Crippen LogP contribution in [0.1, 0.15) is 40.2 Å². The standard InChI is InChI=1S/C31H24ClN3O4/c32-22-12-13-25-24(17-22)31(30(37)33-25)28(29(36)21-11-10-18-5-1-2-6-19(18)15-21)27(26-9-4-14-34(26)31)20-7-3-8-23(16-20)35(38)39/h1-3,5-8,10-13,15-17,26-28H,4,9,14H2,(H,33,37)/t26?,27?,28?,31-/m1/s1. The molecule has 4 atom stereocenters. The van der Waals surface area contributed by atoms with Gasteiger partial charge in [-0.05, 0) is 60.0 Å². The van der Waals surface area contributed by atoms with E-state index in [4.69, 9.17) is 11.6 Å². The molecule has 3 heterocycles. The third-order valence-corrected chi connectivity index (χ3v) is 8.98. The van der Waals surface area contributed by atoms with Gasteiger partial charge in [0.15, 0.2) is 5.78 Å². The van der Waals surface area contributed by atoms with Crippen LogP contribution in [0.25, 0.3) is 10.8 Å². The number of non-ortho nitro benzene ring substituents is 1. The number of rotatable bonds is 4. The summed E-state index contributed by atoms with van der Waals surface area (Å²) in [4.78, 5) is 42.4. The van der Waals surface area contributed by atoms with Gasteiger partial charge in [0, 0.05) is 45.9 Å². The molecule has 0 bridgehead atoms. The summed E-state index contributed by atoms with van der Waals surface area (Å²) in [5.41, 5.74) is 1.23. The highest BCUT2D eigenvalue weighted by atomic mass is 35.5. The van der Waals surface area contributed by atoms with Crippen LogP contribution in [0.15, 0.2) is 84.9 Å². The van der Waals surface area contributed by atoms with E-state index in [-0.39, 0.29) is 23.4 Å². The maximum Gasteiger partial charge on any atom is 0.269 e. The zero-order chi connectivity index (χ0) is 26.9. The number of benzene rings is 4. The molecule has 2 saturated heterocycles. The molecule has 3 aliphatic rings. The van der Waals surface area contributed by atoms with E-state index in [0.717, 1.165) is 23.6 Å². The molecule has 0 aliphatic carbocycles. The first-order valence-electron chi connectivity index (χ1n) is 13.0. The molecule has 4 aromatic rings. The predicted molar refractivity (Wildman–Crippen MR) is 149 cm³/mol. The van der Waals surface area contributed by atoms with Crippen molar-refractivity contribution in [2.45, 2.75) is 30.3 Å². The van der Waals surface area contributed by atoms with Crippen molar-refractivity contribution in [2.75, 3.05) is 11.9 Å². The third-order valence-electron chi connectivity index (χ3n) is 8.75. The van der Waals surface area contributed by atoms with Crippen LogP contribution >= 0.6 is 11.6 Å². The van der Waals surface area contributed by atoms with Crippen molar-refractivity contribution in [3.8, 4) is 0 Å². The summed E-state index contributed by atoms with van der Waals surface area (Å²) in [6.07, 6.45) is 1.64. The highest BCUT2D eigenvalue weighted by molar-refractivity contribution is 6.31. The van der Waals surface area contributed by atoms with Gasteiger partial charge >= 0.3 is 0 Å². The number of carbonyl (C=O) groups is 2. The van der Waals surface area contributed by atoms with Crippen LogP contribution in [0.3, 0.4) is 0 Å². The van der Waals surface area contributed by atoms with Crippen LogP contribution < -0.4 is 5.32 Å². The number of fused-ring (bicyclic) bond motifs is 5. The van der Waals surface area contributed by atoms with Crippen molar-refractivity contribution >= 4 is 45.4 Å². The SMILES string of the molecule is O=C(c1ccc2ccccc2c1)C1C(c2cccc([N+](=O)[O-])c2)C2CCCN2[C@@]12C(=O)Nc1ccc(Cl)cc12. The second-order valence-electron chi connectivity index (χ2n) is 10.6. The van der Waals surface area contributed by atoms with E-state index in [1.165, 1.54) is 6.07 Å². The normalized spacial score (nSPS) is 25.6. The fourth-order valence-corrected chi connectivity index (χ4v) is 7.45. The quantitative estimate of drug-likeness (QED) is 0.187. The lowest BCUT2D eigenvalue weighted by atomic mass is 9.68. The second kappa shape index (κ2) is 8.73. The van der Waals surface area contributed by atoms with Gasteiger partial charge in [-0.25, -0.2) is 0 Å². The van der Waals surface area contributed by atoms with Gasteiger partial charge in [0.05, 0.1) is 10.8 Å². The van der Waals surface area contributed by atoms with E-state index >= 15 is 0 Å². The van der Waals surface area contributed by atoms with Crippen molar-refractivity contribution in [1.29, 1.82) is 0 Å². The highest BCUT2D eigenvalue weighted by Gasteiger charge is 2.69. The van der Waals surface area contributed by atoms with Crippen molar-refractivity contribution in [2.24, 2.45) is 5.92 Å². The number of hydrogen-bond acceptors (Lipinski definition) is 5. The molecular weight excluding hydrogens is 514 g/mol. The Balaban J connectivity index is 1.49. The van der Waals surface area contributed by atoms with Crippen LogP contribution in [-0.4, -0.2) is 34.1 Å². The fourth-order valence-electron chi connectivity index (χ4n) is 7.27. The molecule has 39 heavy (non-hydrogen) atoms. The molecule has 3 unspecified atom stereocenters. The van der Waals surface area contributed by atoms with E-state index < -0.39 is 22.3 Å².